The molecule has 0 spiro atoms. The molecule has 574 valence electrons. The maximum Gasteiger partial charge on any atom is 0.357 e. The molecule has 3 saturated heterocycles. The van der Waals surface area contributed by atoms with Gasteiger partial charge in [0.25, 0.3) is 23.3 Å². The van der Waals surface area contributed by atoms with Gasteiger partial charge in [0, 0.05) is 130 Å². The van der Waals surface area contributed by atoms with E-state index in [-0.39, 0.29) is 58.7 Å². The summed E-state index contributed by atoms with van der Waals surface area (Å²) < 4.78 is 33.3. The highest BCUT2D eigenvalue weighted by molar-refractivity contribution is 6.31. The highest BCUT2D eigenvalue weighted by Crippen LogP contribution is 2.38. The molecule has 3 aliphatic heterocycles. The molecule has 109 heavy (non-hydrogen) atoms. The summed E-state index contributed by atoms with van der Waals surface area (Å²) in [4.78, 5) is 128. The Bertz CT molecular complexity index is 5110. The molecule has 7 aromatic carbocycles. The molecule has 28 heteroatoms. The smallest absolute Gasteiger partial charge is 0.357 e. The monoisotopic (exact) mass is 1510 g/mol. The molecule has 0 radical (unpaired) electrons. The van der Waals surface area contributed by atoms with E-state index in [0.29, 0.717) is 168 Å². The number of hydrogen-bond donors (Lipinski definition) is 0. The van der Waals surface area contributed by atoms with E-state index in [4.69, 9.17) is 25.8 Å². The fourth-order valence-corrected chi connectivity index (χ4v) is 13.8. The second-order valence-electron chi connectivity index (χ2n) is 25.7. The number of anilines is 3. The van der Waals surface area contributed by atoms with Crippen LogP contribution in [0.2, 0.25) is 5.02 Å². The van der Waals surface area contributed by atoms with E-state index in [2.05, 4.69) is 0 Å². The minimum Gasteiger partial charge on any atom is -0.497 e. The largest absolute Gasteiger partial charge is 0.497 e. The number of nitro groups is 2. The quantitative estimate of drug-likeness (QED) is 0.0438. The van der Waals surface area contributed by atoms with Gasteiger partial charge in [-0.15, -0.1) is 0 Å². The van der Waals surface area contributed by atoms with E-state index in [0.717, 1.165) is 18.5 Å². The molecule has 6 heterocycles. The van der Waals surface area contributed by atoms with Gasteiger partial charge in [0.15, 0.2) is 0 Å². The molecule has 3 amide bonds. The molecule has 0 N–H and O–H groups in total. The van der Waals surface area contributed by atoms with Crippen LogP contribution in [-0.2, 0) is 24.9 Å². The second-order valence-corrected chi connectivity index (χ2v) is 26.1. The standard InChI is InChI=1S/C28H32ClFN4O4.C28H26N4O5.C22H22N4O5.3CH4/c1-4-38-28(37)24-25(32-14-16-33(17-15-32)26(35)19-6-9-21(30)10-7-19)22-18-20(29)8-11-23(22)34(27(24)36)13-5-12-31(2)3;1-37-22-13-11-21(12-14-22)27(33)30-17-15-29(16-18-30)25-23-9-5-6-10-24(23)31(28(34)26(25)32(35)36)19-20-7-3-2-4-8-20;1-23-18-6-4-3-5-17(18)19(20(22(23)28)26(29)30)24-11-13-25(14-12-24)21(27)15-7-9-16(31-2)10-8-15;;;/h6-11,18H,4-5,12-17H2,1-3H3;2-14H,15-19H2,1H3;3-10H,11-14H2,1-2H3;3*1H4. The van der Waals surface area contributed by atoms with Crippen molar-refractivity contribution in [2.75, 3.05) is 135 Å². The van der Waals surface area contributed by atoms with Gasteiger partial charge in [0.1, 0.15) is 34.3 Å². The van der Waals surface area contributed by atoms with E-state index in [1.54, 1.807) is 125 Å². The topological polar surface area (TPSA) is 271 Å². The first-order valence-electron chi connectivity index (χ1n) is 34.5. The molecule has 0 aliphatic carbocycles. The van der Waals surface area contributed by atoms with Crippen LogP contribution in [0.5, 0.6) is 11.5 Å². The highest BCUT2D eigenvalue weighted by Gasteiger charge is 2.36. The molecular weight excluding hydrogens is 1420 g/mol. The zero-order valence-corrected chi connectivity index (χ0v) is 60.3. The van der Waals surface area contributed by atoms with Crippen molar-refractivity contribution in [1.82, 2.24) is 33.3 Å². The number of pyridine rings is 3. The third kappa shape index (κ3) is 18.2. The fourth-order valence-electron chi connectivity index (χ4n) is 13.6. The van der Waals surface area contributed by atoms with Crippen LogP contribution >= 0.6 is 11.6 Å². The van der Waals surface area contributed by atoms with Gasteiger partial charge in [-0.25, -0.2) is 9.18 Å². The Morgan fingerprint density at radius 2 is 0.917 bits per heavy atom. The van der Waals surface area contributed by atoms with Gasteiger partial charge >= 0.3 is 28.5 Å². The van der Waals surface area contributed by atoms with Crippen molar-refractivity contribution in [3.8, 4) is 11.5 Å². The minimum atomic E-state index is -0.680. The summed E-state index contributed by atoms with van der Waals surface area (Å²) in [5, 5.41) is 26.5. The molecule has 3 aromatic heterocycles. The molecule has 0 unspecified atom stereocenters. The van der Waals surface area contributed by atoms with Gasteiger partial charge in [-0.3, -0.25) is 53.6 Å². The van der Waals surface area contributed by atoms with Crippen LogP contribution in [0.1, 0.15) is 82.6 Å². The number of fused-ring (bicyclic) bond motifs is 3. The van der Waals surface area contributed by atoms with Crippen molar-refractivity contribution in [1.29, 1.82) is 0 Å². The number of aryl methyl sites for hydroxylation is 2. The molecule has 0 atom stereocenters. The Morgan fingerprint density at radius 1 is 0.505 bits per heavy atom. The van der Waals surface area contributed by atoms with Crippen LogP contribution in [0.25, 0.3) is 32.7 Å². The van der Waals surface area contributed by atoms with Crippen LogP contribution in [0.4, 0.5) is 32.8 Å². The number of amides is 3. The number of aromatic nitrogens is 3. The predicted octanol–water partition coefficient (Wildman–Crippen LogP) is 12.1. The van der Waals surface area contributed by atoms with Crippen molar-refractivity contribution in [3.05, 3.63) is 260 Å². The number of esters is 1. The lowest BCUT2D eigenvalue weighted by molar-refractivity contribution is -0.385. The summed E-state index contributed by atoms with van der Waals surface area (Å²) in [6.07, 6.45) is 0.719. The lowest BCUT2D eigenvalue weighted by atomic mass is 10.1. The van der Waals surface area contributed by atoms with Crippen LogP contribution in [0.15, 0.2) is 184 Å². The summed E-state index contributed by atoms with van der Waals surface area (Å²) >= 11 is 6.40. The van der Waals surface area contributed by atoms with Crippen LogP contribution in [0.3, 0.4) is 0 Å². The zero-order chi connectivity index (χ0) is 75.5. The van der Waals surface area contributed by atoms with Crippen molar-refractivity contribution < 1.29 is 47.6 Å². The van der Waals surface area contributed by atoms with Gasteiger partial charge in [0.05, 0.1) is 59.5 Å². The zero-order valence-electron chi connectivity index (χ0n) is 59.5. The molecular formula is C81H92ClFN12O14. The first-order valence-corrected chi connectivity index (χ1v) is 34.9. The van der Waals surface area contributed by atoms with Crippen molar-refractivity contribution in [2.24, 2.45) is 7.05 Å². The molecule has 3 aliphatic rings. The van der Waals surface area contributed by atoms with Crippen LogP contribution in [0, 0.1) is 26.0 Å². The number of methoxy groups -OCH3 is 2. The summed E-state index contributed by atoms with van der Waals surface area (Å²) in [5.74, 6) is -0.153. The summed E-state index contributed by atoms with van der Waals surface area (Å²) in [5.41, 5.74) is 2.86. The lowest BCUT2D eigenvalue weighted by Gasteiger charge is -2.37. The Labute approximate surface area is 636 Å². The number of benzene rings is 7. The molecule has 0 saturated carbocycles. The number of halogens is 2. The third-order valence-corrected chi connectivity index (χ3v) is 19.2. The second kappa shape index (κ2) is 37.0. The summed E-state index contributed by atoms with van der Waals surface area (Å²) in [6, 6.07) is 48.4. The number of para-hydroxylation sites is 2. The van der Waals surface area contributed by atoms with E-state index < -0.39 is 49.7 Å². The maximum atomic E-state index is 13.8. The number of hydrogen-bond acceptors (Lipinski definition) is 18. The van der Waals surface area contributed by atoms with Crippen molar-refractivity contribution in [2.45, 2.75) is 48.7 Å². The van der Waals surface area contributed by atoms with Gasteiger partial charge in [-0.1, -0.05) is 101 Å². The average molecular weight is 1510 g/mol. The molecule has 13 rings (SSSR count). The van der Waals surface area contributed by atoms with E-state index >= 15 is 0 Å². The number of piperazine rings is 3. The van der Waals surface area contributed by atoms with Crippen LogP contribution in [-0.4, -0.2) is 187 Å². The minimum absolute atomic E-state index is 0. The Kier molecular flexibility index (Phi) is 28.1. The number of ether oxygens (including phenoxy) is 3. The number of rotatable bonds is 18. The van der Waals surface area contributed by atoms with Crippen molar-refractivity contribution >= 4 is 96.4 Å². The van der Waals surface area contributed by atoms with Gasteiger partial charge < -0.3 is 57.6 Å². The van der Waals surface area contributed by atoms with Gasteiger partial charge in [-0.2, -0.15) is 0 Å². The average Bonchev–Trinajstić information content (AvgIpc) is 0.819. The Hall–Kier alpha value is -12.0. The highest BCUT2D eigenvalue weighted by atomic mass is 35.5. The molecule has 0 bridgehead atoms. The first kappa shape index (κ1) is 82.7. The van der Waals surface area contributed by atoms with Gasteiger partial charge in [0.2, 0.25) is 0 Å². The molecule has 10 aromatic rings. The lowest BCUT2D eigenvalue weighted by Crippen LogP contribution is -2.49. The summed E-state index contributed by atoms with van der Waals surface area (Å²) in [7, 11) is 8.60. The van der Waals surface area contributed by atoms with E-state index in [1.165, 1.54) is 40.4 Å². The molecule has 26 nitrogen and oxygen atoms in total. The Morgan fingerprint density at radius 3 is 1.37 bits per heavy atom. The first-order chi connectivity index (χ1) is 51.1. The summed E-state index contributed by atoms with van der Waals surface area (Å²) in [6.45, 7) is 7.86. The molecule has 3 fully saturated rings. The SMILES string of the molecule is C.C.C.CCOC(=O)c1c(N2CCN(C(=O)c3ccc(F)cc3)CC2)c2cc(Cl)ccc2n(CCCN(C)C)c1=O.COc1ccc(C(=O)N2CCN(c3c([N+](=O)[O-])c(=O)n(C)c4ccccc34)CC2)cc1.COc1ccc(C(=O)N2CCN(c3c([N+](=O)[O-])c(=O)n(Cc4ccccc4)c4ccccc34)CC2)cc1. The fraction of sp³-hybridized carbons (Fsp3) is 0.321. The third-order valence-electron chi connectivity index (χ3n) is 19.0. The number of nitrogens with zero attached hydrogens (tertiary/aromatic N) is 12. The van der Waals surface area contributed by atoms with Crippen molar-refractivity contribution in [3.63, 3.8) is 0 Å². The maximum absolute atomic E-state index is 13.8. The van der Waals surface area contributed by atoms with E-state index in [1.807, 2.05) is 94.4 Å². The normalized spacial score (nSPS) is 13.4. The van der Waals surface area contributed by atoms with Gasteiger partial charge in [-0.05, 0) is 143 Å². The number of carbonyl (C=O) groups excluding carboxylic acids is 4. The number of carbonyl (C=O) groups is 4. The Balaban J connectivity index is 0.000000204. The predicted molar refractivity (Wildman–Crippen MR) is 426 cm³/mol. The van der Waals surface area contributed by atoms with Crippen LogP contribution < -0.4 is 40.9 Å². The van der Waals surface area contributed by atoms with E-state index in [9.17, 15) is 58.2 Å².